The van der Waals surface area contributed by atoms with Crippen LogP contribution in [0.25, 0.3) is 0 Å². The molecule has 0 fully saturated rings. The largest absolute Gasteiger partial charge is 0.480 e. The first-order chi connectivity index (χ1) is 27.2. The molecule has 0 saturated heterocycles. The van der Waals surface area contributed by atoms with E-state index in [-0.39, 0.29) is 0 Å². The standard InChI is InChI=1S/C9H13N.C9H12.C8H12N2O.2C8H11N.C7H10N2/c1-7(2)9-6-4-5-8(3)10-9;1-8(2)9-6-4-3-5-7-9;1-6(2)7-4-9-5-8(10-7)11-3;1-7(2)8-3-5-9-6-4-8;1-7(2)8-5-3-4-6-9-8;1-6(2)7-5-8-3-4-9-7/h4-7H,1-3H3;3-8H,1-2H3;4-6H,1-3H3;2*3-7H,1-2H3;3-6H,1-2H3. The van der Waals surface area contributed by atoms with E-state index in [2.05, 4.69) is 154 Å². The van der Waals surface area contributed by atoms with Gasteiger partial charge in [0.05, 0.1) is 24.7 Å². The molecule has 8 nitrogen and oxygen atoms in total. The number of benzene rings is 1. The van der Waals surface area contributed by atoms with Gasteiger partial charge in [-0.3, -0.25) is 29.9 Å². The highest BCUT2D eigenvalue weighted by molar-refractivity contribution is 5.18. The lowest BCUT2D eigenvalue weighted by Gasteiger charge is -2.04. The van der Waals surface area contributed by atoms with Gasteiger partial charge in [-0.2, -0.15) is 0 Å². The minimum absolute atomic E-state index is 0.401. The second-order valence-electron chi connectivity index (χ2n) is 15.2. The zero-order valence-electron chi connectivity index (χ0n) is 37.1. The second kappa shape index (κ2) is 29.0. The topological polar surface area (TPSA) is 99.5 Å². The zero-order valence-corrected chi connectivity index (χ0v) is 37.1. The van der Waals surface area contributed by atoms with Crippen molar-refractivity contribution in [3.8, 4) is 5.88 Å². The van der Waals surface area contributed by atoms with E-state index >= 15 is 0 Å². The molecule has 1 aromatic carbocycles. The molecule has 57 heavy (non-hydrogen) atoms. The highest BCUT2D eigenvalue weighted by Gasteiger charge is 2.02. The average Bonchev–Trinajstić information content (AvgIpc) is 3.23. The average molecular weight is 772 g/mol. The van der Waals surface area contributed by atoms with Crippen LogP contribution in [0.2, 0.25) is 0 Å². The summed E-state index contributed by atoms with van der Waals surface area (Å²) in [5.74, 6) is 3.83. The predicted octanol–water partition coefficient (Wildman–Crippen LogP) is 12.9. The molecule has 6 aromatic rings. The molecular weight excluding hydrogens is 703 g/mol. The van der Waals surface area contributed by atoms with E-state index in [4.69, 9.17) is 4.74 Å². The van der Waals surface area contributed by atoms with Crippen molar-refractivity contribution >= 4 is 0 Å². The van der Waals surface area contributed by atoms with Crippen molar-refractivity contribution in [2.24, 2.45) is 0 Å². The molecule has 0 aliphatic rings. The molecule has 8 heteroatoms. The minimum Gasteiger partial charge on any atom is -0.480 e. The number of aromatic nitrogens is 7. The van der Waals surface area contributed by atoms with Crippen LogP contribution in [0, 0.1) is 6.92 Å². The Bertz CT molecular complexity index is 1660. The molecule has 0 bridgehead atoms. The summed E-state index contributed by atoms with van der Waals surface area (Å²) in [4.78, 5) is 28.7. The zero-order chi connectivity index (χ0) is 42.6. The Labute approximate surface area is 345 Å². The maximum absolute atomic E-state index is 4.93. The Morgan fingerprint density at radius 1 is 0.386 bits per heavy atom. The van der Waals surface area contributed by atoms with Crippen LogP contribution in [0.5, 0.6) is 5.88 Å². The smallest absolute Gasteiger partial charge is 0.232 e. The Balaban J connectivity index is 0.000000343. The molecule has 5 heterocycles. The number of rotatable bonds is 7. The molecule has 0 aliphatic carbocycles. The molecule has 0 saturated carbocycles. The summed E-state index contributed by atoms with van der Waals surface area (Å²) in [6.07, 6.45) is 14.0. The van der Waals surface area contributed by atoms with Crippen molar-refractivity contribution in [3.05, 3.63) is 168 Å². The normalized spacial score (nSPS) is 10.2. The number of nitrogens with zero attached hydrogens (tertiary/aromatic N) is 7. The fourth-order valence-electron chi connectivity index (χ4n) is 4.54. The van der Waals surface area contributed by atoms with Crippen LogP contribution < -0.4 is 4.74 Å². The summed E-state index contributed by atoms with van der Waals surface area (Å²) >= 11 is 0. The van der Waals surface area contributed by atoms with Crippen LogP contribution >= 0.6 is 0 Å². The summed E-state index contributed by atoms with van der Waals surface area (Å²) in [5.41, 5.74) is 8.23. The van der Waals surface area contributed by atoms with Crippen molar-refractivity contribution in [2.75, 3.05) is 7.11 Å². The Morgan fingerprint density at radius 3 is 1.30 bits per heavy atom. The lowest BCUT2D eigenvalue weighted by atomic mass is 10.0. The predicted molar refractivity (Wildman–Crippen MR) is 239 cm³/mol. The summed E-state index contributed by atoms with van der Waals surface area (Å²) in [5, 5.41) is 0. The van der Waals surface area contributed by atoms with Crippen molar-refractivity contribution in [2.45, 2.75) is 126 Å². The summed E-state index contributed by atoms with van der Waals surface area (Å²) in [6.45, 7) is 27.7. The number of methoxy groups -OCH3 is 1. The highest BCUT2D eigenvalue weighted by Crippen LogP contribution is 2.14. The Hall–Kier alpha value is -5.37. The van der Waals surface area contributed by atoms with Gasteiger partial charge in [-0.15, -0.1) is 0 Å². The molecule has 0 N–H and O–H groups in total. The molecule has 0 aliphatic heterocycles. The molecule has 0 radical (unpaired) electrons. The fourth-order valence-corrected chi connectivity index (χ4v) is 4.54. The number of aryl methyl sites for hydroxylation is 1. The molecule has 0 atom stereocenters. The van der Waals surface area contributed by atoms with Gasteiger partial charge < -0.3 is 4.74 Å². The first kappa shape index (κ1) is 49.6. The fraction of sp³-hybridized carbons (Fsp3) is 0.408. The van der Waals surface area contributed by atoms with Gasteiger partial charge in [0.2, 0.25) is 5.88 Å². The maximum Gasteiger partial charge on any atom is 0.232 e. The third-order valence-corrected chi connectivity index (χ3v) is 8.23. The molecule has 306 valence electrons. The van der Waals surface area contributed by atoms with E-state index in [0.29, 0.717) is 41.4 Å². The van der Waals surface area contributed by atoms with Gasteiger partial charge in [-0.05, 0) is 90.0 Å². The number of ether oxygens (including phenoxy) is 1. The Morgan fingerprint density at radius 2 is 0.912 bits per heavy atom. The van der Waals surface area contributed by atoms with Gasteiger partial charge in [0.25, 0.3) is 0 Å². The van der Waals surface area contributed by atoms with Crippen molar-refractivity contribution in [1.29, 1.82) is 0 Å². The Kier molecular flexibility index (Phi) is 25.2. The molecule has 5 aromatic heterocycles. The van der Waals surface area contributed by atoms with E-state index in [1.807, 2.05) is 68.0 Å². The quantitative estimate of drug-likeness (QED) is 0.158. The van der Waals surface area contributed by atoms with Gasteiger partial charge in [-0.25, -0.2) is 4.98 Å². The van der Waals surface area contributed by atoms with Crippen molar-refractivity contribution in [1.82, 2.24) is 34.9 Å². The number of hydrogen-bond acceptors (Lipinski definition) is 8. The summed E-state index contributed by atoms with van der Waals surface area (Å²) < 4.78 is 4.93. The molecule has 0 amide bonds. The molecule has 0 spiro atoms. The lowest BCUT2D eigenvalue weighted by Crippen LogP contribution is -1.96. The van der Waals surface area contributed by atoms with Crippen LogP contribution in [-0.2, 0) is 0 Å². The van der Waals surface area contributed by atoms with Gasteiger partial charge in [-0.1, -0.05) is 126 Å². The number of pyridine rings is 3. The summed E-state index contributed by atoms with van der Waals surface area (Å²) in [7, 11) is 1.59. The van der Waals surface area contributed by atoms with Crippen molar-refractivity contribution < 1.29 is 4.74 Å². The van der Waals surface area contributed by atoms with E-state index < -0.39 is 0 Å². The maximum atomic E-state index is 4.93. The van der Waals surface area contributed by atoms with Crippen LogP contribution in [0.15, 0.2) is 128 Å². The van der Waals surface area contributed by atoms with E-state index in [1.165, 1.54) is 16.8 Å². The molecular formula is C49H69N7O. The van der Waals surface area contributed by atoms with E-state index in [1.54, 1.807) is 38.1 Å². The first-order valence-corrected chi connectivity index (χ1v) is 20.1. The van der Waals surface area contributed by atoms with Crippen LogP contribution in [-0.4, -0.2) is 42.0 Å². The van der Waals surface area contributed by atoms with Crippen LogP contribution in [0.1, 0.15) is 158 Å². The third-order valence-electron chi connectivity index (χ3n) is 8.23. The van der Waals surface area contributed by atoms with Crippen LogP contribution in [0.3, 0.4) is 0 Å². The van der Waals surface area contributed by atoms with Gasteiger partial charge in [0, 0.05) is 60.5 Å². The van der Waals surface area contributed by atoms with Gasteiger partial charge in [0.15, 0.2) is 0 Å². The first-order valence-electron chi connectivity index (χ1n) is 20.1. The third kappa shape index (κ3) is 22.7. The lowest BCUT2D eigenvalue weighted by molar-refractivity contribution is 0.393. The minimum atomic E-state index is 0.401. The van der Waals surface area contributed by atoms with Crippen LogP contribution in [0.4, 0.5) is 0 Å². The highest BCUT2D eigenvalue weighted by atomic mass is 16.5. The molecule has 0 unspecified atom stereocenters. The van der Waals surface area contributed by atoms with Gasteiger partial charge >= 0.3 is 0 Å². The van der Waals surface area contributed by atoms with E-state index in [0.717, 1.165) is 22.8 Å². The van der Waals surface area contributed by atoms with E-state index in [9.17, 15) is 0 Å². The van der Waals surface area contributed by atoms with Crippen molar-refractivity contribution in [3.63, 3.8) is 0 Å². The van der Waals surface area contributed by atoms with Gasteiger partial charge in [0.1, 0.15) is 0 Å². The summed E-state index contributed by atoms with van der Waals surface area (Å²) in [6, 6.07) is 26.8. The SMILES string of the molecule is CC(C)c1ccccc1.CC(C)c1ccccn1.CC(C)c1ccncc1.CC(C)c1cnccn1.COc1cncc(C(C)C)n1.Cc1cccc(C(C)C)n1. The molecule has 6 rings (SSSR count). The second-order valence-corrected chi connectivity index (χ2v) is 15.2. The monoisotopic (exact) mass is 772 g/mol. The number of hydrogen-bond donors (Lipinski definition) is 0.